The average molecular weight is 214 g/mol. The molecule has 0 unspecified atom stereocenters. The fourth-order valence-electron chi connectivity index (χ4n) is 0.874. The number of aromatic hydroxyl groups is 1. The fourth-order valence-corrected chi connectivity index (χ4v) is 1.24. The van der Waals surface area contributed by atoms with Gasteiger partial charge in [-0.1, -0.05) is 0 Å². The van der Waals surface area contributed by atoms with E-state index in [-0.39, 0.29) is 5.75 Å². The number of hydrogen-bond donors (Lipinski definition) is 1. The zero-order valence-electron chi connectivity index (χ0n) is 5.40. The van der Waals surface area contributed by atoms with Crippen LogP contribution in [0.1, 0.15) is 0 Å². The second-order valence-corrected chi connectivity index (χ2v) is 2.77. The van der Waals surface area contributed by atoms with Crippen LogP contribution in [0.5, 0.6) is 5.75 Å². The van der Waals surface area contributed by atoms with Gasteiger partial charge in [0.15, 0.2) is 5.75 Å². The molecule has 0 aliphatic rings. The molecule has 5 heteroatoms. The highest BCUT2D eigenvalue weighted by Crippen LogP contribution is 2.17. The third-order valence-corrected chi connectivity index (χ3v) is 1.91. The number of halogens is 1. The molecule has 2 heterocycles. The average Bonchev–Trinajstić information content (AvgIpc) is 2.35. The van der Waals surface area contributed by atoms with Crippen molar-refractivity contribution < 1.29 is 5.11 Å². The first kappa shape index (κ1) is 6.60. The molecule has 0 spiro atoms. The lowest BCUT2D eigenvalue weighted by Crippen LogP contribution is -1.82. The van der Waals surface area contributed by atoms with Gasteiger partial charge >= 0.3 is 0 Å². The SMILES string of the molecule is Oc1cccn2c(Br)nnc12. The van der Waals surface area contributed by atoms with Gasteiger partial charge in [-0.2, -0.15) is 0 Å². The van der Waals surface area contributed by atoms with Gasteiger partial charge in [-0.3, -0.25) is 4.40 Å². The molecular formula is C6H4BrN3O. The van der Waals surface area contributed by atoms with E-state index < -0.39 is 0 Å². The minimum absolute atomic E-state index is 0.130. The highest BCUT2D eigenvalue weighted by atomic mass is 79.9. The van der Waals surface area contributed by atoms with Crippen molar-refractivity contribution in [3.05, 3.63) is 23.1 Å². The Hall–Kier alpha value is -1.10. The summed E-state index contributed by atoms with van der Waals surface area (Å²) in [6.07, 6.45) is 1.76. The largest absolute Gasteiger partial charge is 0.504 e. The molecule has 4 nitrogen and oxygen atoms in total. The van der Waals surface area contributed by atoms with E-state index in [9.17, 15) is 5.11 Å². The summed E-state index contributed by atoms with van der Waals surface area (Å²) in [4.78, 5) is 0. The topological polar surface area (TPSA) is 50.4 Å². The molecule has 2 rings (SSSR count). The van der Waals surface area contributed by atoms with Gasteiger partial charge in [0.05, 0.1) is 0 Å². The van der Waals surface area contributed by atoms with Crippen LogP contribution in [0.3, 0.4) is 0 Å². The summed E-state index contributed by atoms with van der Waals surface area (Å²) in [5.41, 5.74) is 0.458. The second-order valence-electron chi connectivity index (χ2n) is 2.06. The van der Waals surface area contributed by atoms with Gasteiger partial charge in [0.25, 0.3) is 0 Å². The lowest BCUT2D eigenvalue weighted by molar-refractivity contribution is 0.477. The smallest absolute Gasteiger partial charge is 0.204 e. The Morgan fingerprint density at radius 2 is 2.27 bits per heavy atom. The van der Waals surface area contributed by atoms with Crippen LogP contribution < -0.4 is 0 Å². The van der Waals surface area contributed by atoms with Crippen LogP contribution in [0.2, 0.25) is 0 Å². The summed E-state index contributed by atoms with van der Waals surface area (Å²) < 4.78 is 2.23. The van der Waals surface area contributed by atoms with Crippen LogP contribution in [-0.4, -0.2) is 19.7 Å². The van der Waals surface area contributed by atoms with Gasteiger partial charge in [-0.25, -0.2) is 0 Å². The summed E-state index contributed by atoms with van der Waals surface area (Å²) in [5.74, 6) is 0.130. The highest BCUT2D eigenvalue weighted by molar-refractivity contribution is 9.10. The normalized spacial score (nSPS) is 10.6. The number of fused-ring (bicyclic) bond motifs is 1. The zero-order valence-corrected chi connectivity index (χ0v) is 6.98. The molecule has 0 aliphatic heterocycles. The van der Waals surface area contributed by atoms with Crippen molar-refractivity contribution in [2.75, 3.05) is 0 Å². The molecule has 2 aromatic rings. The van der Waals surface area contributed by atoms with E-state index in [2.05, 4.69) is 26.1 Å². The summed E-state index contributed by atoms with van der Waals surface area (Å²) >= 11 is 3.18. The van der Waals surface area contributed by atoms with Crippen LogP contribution in [0.15, 0.2) is 23.1 Å². The van der Waals surface area contributed by atoms with E-state index in [4.69, 9.17) is 0 Å². The van der Waals surface area contributed by atoms with E-state index >= 15 is 0 Å². The Bertz CT molecular complexity index is 398. The molecule has 0 aromatic carbocycles. The fraction of sp³-hybridized carbons (Fsp3) is 0. The highest BCUT2D eigenvalue weighted by Gasteiger charge is 2.03. The third kappa shape index (κ3) is 0.883. The molecule has 0 fully saturated rings. The van der Waals surface area contributed by atoms with E-state index in [0.717, 1.165) is 0 Å². The maximum absolute atomic E-state index is 9.24. The van der Waals surface area contributed by atoms with E-state index in [1.807, 2.05) is 0 Å². The molecule has 0 aliphatic carbocycles. The second kappa shape index (κ2) is 2.20. The molecule has 0 radical (unpaired) electrons. The molecule has 0 saturated heterocycles. The first-order chi connectivity index (χ1) is 5.29. The summed E-state index contributed by atoms with van der Waals surface area (Å²) in [6.45, 7) is 0. The van der Waals surface area contributed by atoms with Crippen LogP contribution in [-0.2, 0) is 0 Å². The Morgan fingerprint density at radius 1 is 1.45 bits per heavy atom. The molecule has 56 valence electrons. The summed E-state index contributed by atoms with van der Waals surface area (Å²) in [6, 6.07) is 3.28. The van der Waals surface area contributed by atoms with Gasteiger partial charge in [0.2, 0.25) is 10.4 Å². The molecule has 1 N–H and O–H groups in total. The molecule has 2 aromatic heterocycles. The van der Waals surface area contributed by atoms with Crippen LogP contribution in [0.4, 0.5) is 0 Å². The zero-order chi connectivity index (χ0) is 7.84. The molecule has 0 bridgehead atoms. The lowest BCUT2D eigenvalue weighted by atomic mass is 10.4. The molecule has 0 saturated carbocycles. The van der Waals surface area contributed by atoms with Crippen molar-refractivity contribution in [2.45, 2.75) is 0 Å². The van der Waals surface area contributed by atoms with E-state index in [1.54, 1.807) is 22.7 Å². The molecular weight excluding hydrogens is 210 g/mol. The third-order valence-electron chi connectivity index (χ3n) is 1.37. The molecule has 11 heavy (non-hydrogen) atoms. The van der Waals surface area contributed by atoms with Gasteiger partial charge < -0.3 is 5.11 Å². The quantitative estimate of drug-likeness (QED) is 0.716. The summed E-state index contributed by atoms with van der Waals surface area (Å²) in [5, 5.41) is 16.7. The first-order valence-electron chi connectivity index (χ1n) is 2.97. The van der Waals surface area contributed by atoms with Gasteiger partial charge in [-0.15, -0.1) is 10.2 Å². The van der Waals surface area contributed by atoms with Crippen LogP contribution in [0.25, 0.3) is 5.65 Å². The Labute approximate surface area is 70.6 Å². The number of hydrogen-bond acceptors (Lipinski definition) is 3. The van der Waals surface area contributed by atoms with Crippen molar-refractivity contribution in [1.29, 1.82) is 0 Å². The first-order valence-corrected chi connectivity index (χ1v) is 3.76. The molecule has 0 amide bonds. The number of pyridine rings is 1. The minimum Gasteiger partial charge on any atom is -0.504 e. The molecule has 0 atom stereocenters. The van der Waals surface area contributed by atoms with Crippen molar-refractivity contribution in [3.63, 3.8) is 0 Å². The van der Waals surface area contributed by atoms with Crippen molar-refractivity contribution in [1.82, 2.24) is 14.6 Å². The van der Waals surface area contributed by atoms with Crippen molar-refractivity contribution in [3.8, 4) is 5.75 Å². The van der Waals surface area contributed by atoms with Crippen LogP contribution >= 0.6 is 15.9 Å². The maximum Gasteiger partial charge on any atom is 0.204 e. The minimum atomic E-state index is 0.130. The Kier molecular flexibility index (Phi) is 1.32. The van der Waals surface area contributed by atoms with Crippen molar-refractivity contribution >= 4 is 21.6 Å². The van der Waals surface area contributed by atoms with Crippen molar-refractivity contribution in [2.24, 2.45) is 0 Å². The monoisotopic (exact) mass is 213 g/mol. The Morgan fingerprint density at radius 3 is 3.00 bits per heavy atom. The number of rotatable bonds is 0. The standard InChI is InChI=1S/C6H4BrN3O/c7-6-9-8-5-4(11)2-1-3-10(5)6/h1-3,11H. The van der Waals surface area contributed by atoms with E-state index in [1.165, 1.54) is 0 Å². The maximum atomic E-state index is 9.24. The van der Waals surface area contributed by atoms with Gasteiger partial charge in [-0.05, 0) is 28.1 Å². The Balaban J connectivity index is 2.94. The lowest BCUT2D eigenvalue weighted by Gasteiger charge is -1.93. The predicted molar refractivity (Wildman–Crippen MR) is 42.4 cm³/mol. The van der Waals surface area contributed by atoms with Gasteiger partial charge in [0, 0.05) is 6.20 Å². The van der Waals surface area contributed by atoms with Gasteiger partial charge in [0.1, 0.15) is 0 Å². The number of nitrogens with zero attached hydrogens (tertiary/aromatic N) is 3. The predicted octanol–water partition coefficient (Wildman–Crippen LogP) is 1.20. The summed E-state index contributed by atoms with van der Waals surface area (Å²) in [7, 11) is 0. The van der Waals surface area contributed by atoms with E-state index in [0.29, 0.717) is 10.4 Å². The number of aromatic nitrogens is 3. The van der Waals surface area contributed by atoms with Crippen LogP contribution in [0, 0.1) is 0 Å².